The Labute approximate surface area is 358 Å². The molecular formula is C56H50BN3O. The molecule has 2 aliphatic heterocycles. The van der Waals surface area contributed by atoms with Gasteiger partial charge in [-0.05, 0) is 105 Å². The number of hydrogen-bond donors (Lipinski definition) is 0. The van der Waals surface area contributed by atoms with E-state index in [-0.39, 0.29) is 23.1 Å². The molecule has 3 aromatic heterocycles. The van der Waals surface area contributed by atoms with E-state index in [2.05, 4.69) is 216 Å². The summed E-state index contributed by atoms with van der Waals surface area (Å²) in [5.74, 6) is 0. The van der Waals surface area contributed by atoms with Gasteiger partial charge in [-0.3, -0.25) is 0 Å². The van der Waals surface area contributed by atoms with Gasteiger partial charge >= 0.3 is 6.85 Å². The van der Waals surface area contributed by atoms with Crippen LogP contribution >= 0.6 is 0 Å². The van der Waals surface area contributed by atoms with Gasteiger partial charge in [0, 0.05) is 60.6 Å². The summed E-state index contributed by atoms with van der Waals surface area (Å²) >= 11 is 0. The first kappa shape index (κ1) is 36.4. The molecular weight excluding hydrogens is 741 g/mol. The number of hydrogen-bond acceptors (Lipinski definition) is 2. The summed E-state index contributed by atoms with van der Waals surface area (Å²) in [6.45, 7) is 20.6. The topological polar surface area (TPSA) is 26.2 Å². The van der Waals surface area contributed by atoms with Crippen LogP contribution in [0.1, 0.15) is 79.0 Å². The van der Waals surface area contributed by atoms with Crippen LogP contribution in [0.15, 0.2) is 144 Å². The number of anilines is 3. The molecule has 7 aromatic carbocycles. The standard InChI is InChI=1S/C56H50BN3O/c1-54(2,3)33-23-26-37(27-24-33)59-46-31-35(56(7,8)9)30-40-42-32-41-38-19-13-15-21-44(38)58(36-17-11-10-12-18-36)50(41)48-39-20-14-16-22-45(39)60(51(42)48)57(49(40)46)53-52(59)43-29-34(55(4,5)6)25-28-47(43)61-53/h10-32H,1-9H3. The minimum absolute atomic E-state index is 0.0332. The van der Waals surface area contributed by atoms with Gasteiger partial charge in [-0.15, -0.1) is 0 Å². The predicted octanol–water partition coefficient (Wildman–Crippen LogP) is 13.9. The lowest BCUT2D eigenvalue weighted by molar-refractivity contribution is 0.590. The van der Waals surface area contributed by atoms with Gasteiger partial charge in [0.25, 0.3) is 0 Å². The minimum atomic E-state index is -0.202. The Morgan fingerprint density at radius 2 is 1.11 bits per heavy atom. The highest BCUT2D eigenvalue weighted by Gasteiger charge is 2.47. The Bertz CT molecular complexity index is 3470. The van der Waals surface area contributed by atoms with Crippen molar-refractivity contribution in [3.63, 3.8) is 0 Å². The van der Waals surface area contributed by atoms with Crippen LogP contribution in [0.4, 0.5) is 17.1 Å². The van der Waals surface area contributed by atoms with Crippen molar-refractivity contribution in [2.45, 2.75) is 78.6 Å². The maximum Gasteiger partial charge on any atom is 0.375 e. The molecule has 0 atom stereocenters. The second-order valence-corrected chi connectivity index (χ2v) is 20.6. The van der Waals surface area contributed by atoms with Crippen molar-refractivity contribution in [2.75, 3.05) is 4.90 Å². The molecule has 2 aliphatic rings. The van der Waals surface area contributed by atoms with Crippen LogP contribution in [0.25, 0.3) is 71.4 Å². The fourth-order valence-corrected chi connectivity index (χ4v) is 10.6. The minimum Gasteiger partial charge on any atom is -0.466 e. The highest BCUT2D eigenvalue weighted by atomic mass is 16.3. The first-order chi connectivity index (χ1) is 29.2. The molecule has 12 rings (SSSR count). The van der Waals surface area contributed by atoms with Crippen LogP contribution in [0.3, 0.4) is 0 Å². The van der Waals surface area contributed by atoms with Crippen molar-refractivity contribution in [2.24, 2.45) is 0 Å². The Morgan fingerprint density at radius 3 is 1.82 bits per heavy atom. The van der Waals surface area contributed by atoms with E-state index in [4.69, 9.17) is 4.42 Å². The average molecular weight is 792 g/mol. The van der Waals surface area contributed by atoms with E-state index in [1.54, 1.807) is 0 Å². The number of fused-ring (bicyclic) bond motifs is 13. The van der Waals surface area contributed by atoms with Crippen molar-refractivity contribution >= 4 is 89.6 Å². The molecule has 298 valence electrons. The maximum absolute atomic E-state index is 7.36. The van der Waals surface area contributed by atoms with E-state index in [0.717, 1.165) is 33.7 Å². The molecule has 0 saturated carbocycles. The largest absolute Gasteiger partial charge is 0.466 e. The number of furan rings is 1. The lowest BCUT2D eigenvalue weighted by atomic mass is 9.47. The van der Waals surface area contributed by atoms with E-state index in [9.17, 15) is 0 Å². The van der Waals surface area contributed by atoms with Gasteiger partial charge in [0.2, 0.25) is 0 Å². The molecule has 0 fully saturated rings. The molecule has 0 amide bonds. The lowest BCUT2D eigenvalue weighted by Gasteiger charge is -2.39. The SMILES string of the molecule is CC(C)(C)c1ccc(N2c3cc(C(C)(C)C)cc4c3B(c3oc5ccc(C(C)(C)C)cc5c32)n2c3ccccc3c3c2c-4cc2c4ccccc4n(-c4ccccc4)c23)cc1. The van der Waals surface area contributed by atoms with Gasteiger partial charge in [-0.1, -0.05) is 141 Å². The van der Waals surface area contributed by atoms with Crippen molar-refractivity contribution in [1.29, 1.82) is 0 Å². The molecule has 0 bridgehead atoms. The maximum atomic E-state index is 7.36. The van der Waals surface area contributed by atoms with Crippen molar-refractivity contribution in [3.8, 4) is 16.8 Å². The molecule has 0 saturated heterocycles. The van der Waals surface area contributed by atoms with E-state index in [1.165, 1.54) is 82.6 Å². The first-order valence-electron chi connectivity index (χ1n) is 21.9. The van der Waals surface area contributed by atoms with E-state index in [0.29, 0.717) is 0 Å². The van der Waals surface area contributed by atoms with Gasteiger partial charge in [0.1, 0.15) is 11.2 Å². The van der Waals surface area contributed by atoms with Crippen molar-refractivity contribution in [1.82, 2.24) is 9.05 Å². The zero-order valence-corrected chi connectivity index (χ0v) is 36.6. The van der Waals surface area contributed by atoms with Crippen molar-refractivity contribution < 1.29 is 4.42 Å². The fourth-order valence-electron chi connectivity index (χ4n) is 10.6. The Morgan fingerprint density at radius 1 is 0.475 bits per heavy atom. The van der Waals surface area contributed by atoms with Crippen LogP contribution in [-0.2, 0) is 16.2 Å². The number of benzene rings is 7. The lowest BCUT2D eigenvalue weighted by Crippen LogP contribution is -2.56. The Hall–Kier alpha value is -6.46. The summed E-state index contributed by atoms with van der Waals surface area (Å²) in [6, 6.07) is 52.6. The second kappa shape index (κ2) is 12.1. The number of aromatic nitrogens is 2. The van der Waals surface area contributed by atoms with Gasteiger partial charge in [-0.25, -0.2) is 0 Å². The molecule has 4 nitrogen and oxygen atoms in total. The molecule has 5 heterocycles. The number of nitrogens with zero attached hydrogens (tertiary/aromatic N) is 3. The van der Waals surface area contributed by atoms with E-state index in [1.807, 2.05) is 0 Å². The predicted molar refractivity (Wildman–Crippen MR) is 260 cm³/mol. The van der Waals surface area contributed by atoms with Crippen LogP contribution in [0.5, 0.6) is 0 Å². The highest BCUT2D eigenvalue weighted by molar-refractivity contribution is 6.89. The zero-order chi connectivity index (χ0) is 41.9. The van der Waals surface area contributed by atoms with Crippen LogP contribution < -0.4 is 16.0 Å². The molecule has 0 N–H and O–H groups in total. The summed E-state index contributed by atoms with van der Waals surface area (Å²) in [7, 11) is 0. The summed E-state index contributed by atoms with van der Waals surface area (Å²) in [6.07, 6.45) is 0. The molecule has 10 aromatic rings. The van der Waals surface area contributed by atoms with E-state index < -0.39 is 0 Å². The van der Waals surface area contributed by atoms with Gasteiger partial charge in [0.05, 0.1) is 16.7 Å². The van der Waals surface area contributed by atoms with Crippen molar-refractivity contribution in [3.05, 3.63) is 156 Å². The molecule has 0 radical (unpaired) electrons. The summed E-state index contributed by atoms with van der Waals surface area (Å²) < 4.78 is 12.5. The van der Waals surface area contributed by atoms with Gasteiger partial charge in [-0.2, -0.15) is 0 Å². The molecule has 0 unspecified atom stereocenters. The molecule has 61 heavy (non-hydrogen) atoms. The number of rotatable bonds is 2. The molecule has 0 spiro atoms. The Kier molecular flexibility index (Phi) is 7.22. The monoisotopic (exact) mass is 791 g/mol. The third-order valence-electron chi connectivity index (χ3n) is 13.7. The van der Waals surface area contributed by atoms with E-state index >= 15 is 0 Å². The molecule has 5 heteroatoms. The van der Waals surface area contributed by atoms with Crippen LogP contribution in [0, 0.1) is 0 Å². The molecule has 0 aliphatic carbocycles. The highest BCUT2D eigenvalue weighted by Crippen LogP contribution is 2.52. The van der Waals surface area contributed by atoms with Crippen LogP contribution in [0.2, 0.25) is 0 Å². The summed E-state index contributed by atoms with van der Waals surface area (Å²) in [4.78, 5) is 2.54. The third-order valence-corrected chi connectivity index (χ3v) is 13.7. The van der Waals surface area contributed by atoms with Gasteiger partial charge in [0.15, 0.2) is 0 Å². The number of para-hydroxylation sites is 3. The quantitative estimate of drug-likeness (QED) is 0.163. The summed E-state index contributed by atoms with van der Waals surface area (Å²) in [5, 5.41) is 6.21. The third kappa shape index (κ3) is 5.01. The normalized spacial score (nSPS) is 13.9. The fraction of sp³-hybridized carbons (Fsp3) is 0.214. The summed E-state index contributed by atoms with van der Waals surface area (Å²) in [5.41, 5.74) is 19.1. The Balaban J connectivity index is 1.30. The average Bonchev–Trinajstić information content (AvgIpc) is 3.90. The van der Waals surface area contributed by atoms with Gasteiger partial charge < -0.3 is 18.4 Å². The zero-order valence-electron chi connectivity index (χ0n) is 36.6. The second-order valence-electron chi connectivity index (χ2n) is 20.6. The van der Waals surface area contributed by atoms with Crippen LogP contribution in [-0.4, -0.2) is 15.9 Å². The smallest absolute Gasteiger partial charge is 0.375 e. The first-order valence-corrected chi connectivity index (χ1v) is 21.9.